The Kier molecular flexibility index (Phi) is 6.19. The number of hydroxylamine groups is 1. The number of amidine groups is 1. The molecule has 1 aliphatic rings. The van der Waals surface area contributed by atoms with Crippen molar-refractivity contribution < 1.29 is 14.4 Å². The number of nitrogens with zero attached hydrogens (tertiary/aromatic N) is 2. The van der Waals surface area contributed by atoms with Gasteiger partial charge in [-0.15, -0.1) is 0 Å². The summed E-state index contributed by atoms with van der Waals surface area (Å²) in [4.78, 5) is 35.8. The number of pyridine rings is 1. The number of benzene rings is 2. The van der Waals surface area contributed by atoms with Crippen molar-refractivity contribution in [3.8, 4) is 5.75 Å². The molecule has 3 aromatic rings. The smallest absolute Gasteiger partial charge is 0.264 e. The summed E-state index contributed by atoms with van der Waals surface area (Å²) in [7, 11) is 1.57. The molecule has 2 heterocycles. The van der Waals surface area contributed by atoms with Gasteiger partial charge in [0.1, 0.15) is 17.5 Å². The van der Waals surface area contributed by atoms with E-state index in [-0.39, 0.29) is 23.6 Å². The molecule has 0 saturated carbocycles. The molecule has 0 saturated heterocycles. The summed E-state index contributed by atoms with van der Waals surface area (Å²) in [5.41, 5.74) is 4.21. The Bertz CT molecular complexity index is 1410. The molecule has 0 aliphatic carbocycles. The van der Waals surface area contributed by atoms with Crippen LogP contribution in [0, 0.1) is 6.92 Å². The minimum atomic E-state index is -0.428. The Morgan fingerprint density at radius 2 is 1.91 bits per heavy atom. The third-order valence-electron chi connectivity index (χ3n) is 5.05. The first kappa shape index (κ1) is 22.2. The molecule has 1 aliphatic heterocycles. The standard InChI is InChI=1S/C24H21ClN4O4/c1-14-12-15(2)29(13-20(30)26-18-8-10-19(32-3)11-9-18)24(31)21(14)23-27-22(28-33-23)16-4-6-17(25)7-5-16/h4-12H,1,13H2,2-3H3,(H,26,30)(H,27,28). The van der Waals surface area contributed by atoms with Gasteiger partial charge in [-0.1, -0.05) is 18.2 Å². The van der Waals surface area contributed by atoms with Gasteiger partial charge in [-0.2, -0.15) is 4.99 Å². The van der Waals surface area contributed by atoms with Crippen LogP contribution in [0.25, 0.3) is 12.5 Å². The third kappa shape index (κ3) is 4.75. The number of aliphatic imine (C=N–C) groups is 1. The molecule has 9 heteroatoms. The van der Waals surface area contributed by atoms with Gasteiger partial charge in [-0.05, 0) is 66.7 Å². The third-order valence-corrected chi connectivity index (χ3v) is 5.31. The van der Waals surface area contributed by atoms with Crippen LogP contribution in [-0.2, 0) is 16.2 Å². The fourth-order valence-electron chi connectivity index (χ4n) is 3.36. The largest absolute Gasteiger partial charge is 0.497 e. The highest BCUT2D eigenvalue weighted by Gasteiger charge is 2.18. The highest BCUT2D eigenvalue weighted by atomic mass is 35.5. The van der Waals surface area contributed by atoms with Gasteiger partial charge in [0, 0.05) is 22.0 Å². The number of amides is 1. The zero-order chi connectivity index (χ0) is 23.5. The molecule has 2 N–H and O–H groups in total. The fraction of sp³-hybridized carbons (Fsp3) is 0.125. The number of methoxy groups -OCH3 is 1. The molecular weight excluding hydrogens is 444 g/mol. The Morgan fingerprint density at radius 3 is 2.58 bits per heavy atom. The van der Waals surface area contributed by atoms with Crippen LogP contribution >= 0.6 is 11.6 Å². The normalized spacial score (nSPS) is 14.2. The second-order valence-corrected chi connectivity index (χ2v) is 7.77. The average molecular weight is 465 g/mol. The first-order valence-corrected chi connectivity index (χ1v) is 10.4. The second kappa shape index (κ2) is 9.22. The zero-order valence-corrected chi connectivity index (χ0v) is 18.8. The van der Waals surface area contributed by atoms with E-state index in [0.717, 1.165) is 5.56 Å². The van der Waals surface area contributed by atoms with Crippen molar-refractivity contribution in [2.75, 3.05) is 12.4 Å². The molecule has 0 atom stereocenters. The number of aromatic nitrogens is 1. The molecule has 1 aromatic heterocycles. The fourth-order valence-corrected chi connectivity index (χ4v) is 3.49. The van der Waals surface area contributed by atoms with E-state index in [0.29, 0.717) is 33.2 Å². The first-order valence-electron chi connectivity index (χ1n) is 10.0. The van der Waals surface area contributed by atoms with Gasteiger partial charge in [0.05, 0.1) is 7.11 Å². The van der Waals surface area contributed by atoms with Gasteiger partial charge in [0.25, 0.3) is 11.4 Å². The highest BCUT2D eigenvalue weighted by Crippen LogP contribution is 2.15. The van der Waals surface area contributed by atoms with Crippen molar-refractivity contribution >= 4 is 41.5 Å². The van der Waals surface area contributed by atoms with Crippen molar-refractivity contribution in [2.45, 2.75) is 13.5 Å². The number of rotatable bonds is 5. The maximum Gasteiger partial charge on any atom is 0.264 e. The number of aryl methyl sites for hydroxylation is 1. The molecular formula is C24H21ClN4O4. The van der Waals surface area contributed by atoms with Crippen molar-refractivity contribution in [3.05, 3.63) is 91.7 Å². The number of anilines is 1. The van der Waals surface area contributed by atoms with Crippen molar-refractivity contribution in [1.29, 1.82) is 0 Å². The molecule has 8 nitrogen and oxygen atoms in total. The summed E-state index contributed by atoms with van der Waals surface area (Å²) >= 11 is 5.94. The Balaban J connectivity index is 1.66. The summed E-state index contributed by atoms with van der Waals surface area (Å²) in [6.45, 7) is 5.51. The maximum absolute atomic E-state index is 13.3. The Morgan fingerprint density at radius 1 is 1.21 bits per heavy atom. The van der Waals surface area contributed by atoms with Crippen LogP contribution in [0.5, 0.6) is 5.75 Å². The minimum absolute atomic E-state index is 0.0827. The summed E-state index contributed by atoms with van der Waals surface area (Å²) < 4.78 is 6.47. The molecule has 2 aromatic carbocycles. The number of ether oxygens (including phenoxy) is 1. The zero-order valence-electron chi connectivity index (χ0n) is 18.0. The predicted molar refractivity (Wildman–Crippen MR) is 127 cm³/mol. The molecule has 0 spiro atoms. The van der Waals surface area contributed by atoms with E-state index in [1.165, 1.54) is 4.57 Å². The Hall–Kier alpha value is -4.04. The van der Waals surface area contributed by atoms with Gasteiger partial charge in [0.2, 0.25) is 5.91 Å². The number of hydrogen-bond acceptors (Lipinski definition) is 6. The van der Waals surface area contributed by atoms with Crippen LogP contribution in [0.1, 0.15) is 11.3 Å². The predicted octanol–water partition coefficient (Wildman–Crippen LogP) is 1.92. The van der Waals surface area contributed by atoms with E-state index in [2.05, 4.69) is 22.4 Å². The van der Waals surface area contributed by atoms with Crippen LogP contribution in [-0.4, -0.2) is 23.4 Å². The van der Waals surface area contributed by atoms with Crippen molar-refractivity contribution in [3.63, 3.8) is 0 Å². The topological polar surface area (TPSA) is 94.0 Å². The van der Waals surface area contributed by atoms with Crippen molar-refractivity contribution in [1.82, 2.24) is 10.0 Å². The van der Waals surface area contributed by atoms with Crippen LogP contribution in [0.3, 0.4) is 0 Å². The van der Waals surface area contributed by atoms with Gasteiger partial charge in [-0.25, -0.2) is 5.48 Å². The lowest BCUT2D eigenvalue weighted by atomic mass is 10.2. The molecule has 0 unspecified atom stereocenters. The first-order chi connectivity index (χ1) is 15.9. The number of carbonyl (C=O) groups excluding carboxylic acids is 1. The average Bonchev–Trinajstić information content (AvgIpc) is 3.27. The van der Waals surface area contributed by atoms with Crippen LogP contribution in [0.4, 0.5) is 5.69 Å². The molecule has 0 fully saturated rings. The second-order valence-electron chi connectivity index (χ2n) is 7.33. The van der Waals surface area contributed by atoms with E-state index < -0.39 is 5.56 Å². The van der Waals surface area contributed by atoms with Crippen molar-refractivity contribution in [2.24, 2.45) is 4.99 Å². The lowest BCUT2D eigenvalue weighted by molar-refractivity contribution is -0.116. The Labute approximate surface area is 194 Å². The summed E-state index contributed by atoms with van der Waals surface area (Å²) in [6, 6.07) is 15.6. The summed E-state index contributed by atoms with van der Waals surface area (Å²) in [5.74, 6) is 0.842. The number of carbonyl (C=O) groups is 1. The SMILES string of the molecule is C=c1cc(C)n(CC(=O)Nc2ccc(OC)cc2)c(=O)c1=C1N=C(c2ccc(Cl)cc2)NO1. The quantitative estimate of drug-likeness (QED) is 0.601. The molecule has 4 rings (SSSR count). The molecule has 168 valence electrons. The van der Waals surface area contributed by atoms with Gasteiger partial charge < -0.3 is 19.5 Å². The van der Waals surface area contributed by atoms with Crippen LogP contribution in [0.15, 0.2) is 64.4 Å². The van der Waals surface area contributed by atoms with Gasteiger partial charge in [-0.3, -0.25) is 9.59 Å². The lowest BCUT2D eigenvalue weighted by Crippen LogP contribution is -2.47. The summed E-state index contributed by atoms with van der Waals surface area (Å²) in [6.07, 6.45) is 0. The maximum atomic E-state index is 13.3. The van der Waals surface area contributed by atoms with Crippen LogP contribution in [0.2, 0.25) is 5.02 Å². The molecule has 0 radical (unpaired) electrons. The minimum Gasteiger partial charge on any atom is -0.497 e. The monoisotopic (exact) mass is 464 g/mol. The summed E-state index contributed by atoms with van der Waals surface area (Å²) in [5, 5.41) is 3.99. The number of hydrogen-bond donors (Lipinski definition) is 2. The number of halogens is 1. The van der Waals surface area contributed by atoms with E-state index in [4.69, 9.17) is 21.2 Å². The van der Waals surface area contributed by atoms with E-state index in [1.54, 1.807) is 68.6 Å². The van der Waals surface area contributed by atoms with Gasteiger partial charge >= 0.3 is 0 Å². The molecule has 0 bridgehead atoms. The highest BCUT2D eigenvalue weighted by molar-refractivity contribution is 6.30. The van der Waals surface area contributed by atoms with E-state index in [1.807, 2.05) is 0 Å². The van der Waals surface area contributed by atoms with E-state index in [9.17, 15) is 9.59 Å². The number of nitrogens with one attached hydrogen (secondary N) is 2. The van der Waals surface area contributed by atoms with Gasteiger partial charge in [0.15, 0.2) is 5.84 Å². The van der Waals surface area contributed by atoms with E-state index >= 15 is 0 Å². The molecule has 1 amide bonds. The van der Waals surface area contributed by atoms with Crippen LogP contribution < -0.4 is 31.5 Å². The molecule has 33 heavy (non-hydrogen) atoms. The lowest BCUT2D eigenvalue weighted by Gasteiger charge is -2.11.